The highest BCUT2D eigenvalue weighted by Crippen LogP contribution is 2.08. The summed E-state index contributed by atoms with van der Waals surface area (Å²) in [5.41, 5.74) is 6.30. The number of aldehydes is 2. The van der Waals surface area contributed by atoms with Crippen LogP contribution in [0.25, 0.3) is 0 Å². The summed E-state index contributed by atoms with van der Waals surface area (Å²) in [6, 6.07) is 11.4. The maximum Gasteiger partial charge on any atom is 0.150 e. The number of carbonyl (C=O) groups excluding carboxylic acids is 2. The minimum atomic E-state index is 0.753. The van der Waals surface area contributed by atoms with Crippen molar-refractivity contribution in [3.63, 3.8) is 0 Å². The van der Waals surface area contributed by atoms with E-state index in [1.54, 1.807) is 0 Å². The van der Waals surface area contributed by atoms with E-state index >= 15 is 0 Å². The van der Waals surface area contributed by atoms with E-state index in [1.165, 1.54) is 22.3 Å². The molecular weight excluding hydrogens is 248 g/mol. The van der Waals surface area contributed by atoms with Gasteiger partial charge < -0.3 is 0 Å². The van der Waals surface area contributed by atoms with E-state index in [-0.39, 0.29) is 0 Å². The lowest BCUT2D eigenvalue weighted by atomic mass is 10.1. The second kappa shape index (κ2) is 7.39. The van der Waals surface area contributed by atoms with E-state index in [0.717, 1.165) is 23.7 Å². The molecule has 0 aliphatic carbocycles. The van der Waals surface area contributed by atoms with Gasteiger partial charge in [-0.25, -0.2) is 0 Å². The zero-order valence-electron chi connectivity index (χ0n) is 12.4. The van der Waals surface area contributed by atoms with Crippen molar-refractivity contribution in [1.29, 1.82) is 0 Å². The second-order valence-electron chi connectivity index (χ2n) is 4.92. The Morgan fingerprint density at radius 1 is 0.600 bits per heavy atom. The van der Waals surface area contributed by atoms with E-state index in [4.69, 9.17) is 0 Å². The molecule has 0 saturated heterocycles. The number of carbonyl (C=O) groups is 2. The molecule has 0 unspecified atom stereocenters. The predicted molar refractivity (Wildman–Crippen MR) is 82.6 cm³/mol. The fraction of sp³-hybridized carbons (Fsp3) is 0.222. The van der Waals surface area contributed by atoms with Crippen molar-refractivity contribution in [1.82, 2.24) is 0 Å². The average Bonchev–Trinajstić information content (AvgIpc) is 2.45. The van der Waals surface area contributed by atoms with Gasteiger partial charge >= 0.3 is 0 Å². The first-order chi connectivity index (χ1) is 9.47. The van der Waals surface area contributed by atoms with Gasteiger partial charge in [0.15, 0.2) is 0 Å². The van der Waals surface area contributed by atoms with Gasteiger partial charge in [0.25, 0.3) is 0 Å². The predicted octanol–water partition coefficient (Wildman–Crippen LogP) is 4.23. The summed E-state index contributed by atoms with van der Waals surface area (Å²) in [5.74, 6) is 0. The molecule has 0 radical (unpaired) electrons. The first-order valence-corrected chi connectivity index (χ1v) is 6.52. The first kappa shape index (κ1) is 15.8. The molecule has 0 atom stereocenters. The molecule has 0 N–H and O–H groups in total. The Hall–Kier alpha value is -2.22. The lowest BCUT2D eigenvalue weighted by Crippen LogP contribution is -1.84. The molecule has 2 aromatic rings. The summed E-state index contributed by atoms with van der Waals surface area (Å²) in [6.45, 7) is 8.07. The normalized spacial score (nSPS) is 9.40. The van der Waals surface area contributed by atoms with Crippen LogP contribution < -0.4 is 0 Å². The van der Waals surface area contributed by atoms with Gasteiger partial charge in [-0.05, 0) is 62.1 Å². The highest BCUT2D eigenvalue weighted by molar-refractivity contribution is 5.75. The molecule has 2 aromatic carbocycles. The number of rotatable bonds is 2. The third-order valence-electron chi connectivity index (χ3n) is 3.33. The van der Waals surface area contributed by atoms with Crippen LogP contribution in [0.5, 0.6) is 0 Å². The molecule has 0 amide bonds. The Balaban J connectivity index is 0.000000200. The maximum absolute atomic E-state index is 10.3. The summed E-state index contributed by atoms with van der Waals surface area (Å²) >= 11 is 0. The van der Waals surface area contributed by atoms with E-state index in [1.807, 2.05) is 64.1 Å². The SMILES string of the molecule is Cc1ccc(C=O)cc1C.Cc1ccc(C=O)cc1C. The standard InChI is InChI=1S/2C9H10O/c2*1-7-3-4-9(6-10)5-8(7)2/h2*3-6H,1-2H3. The second-order valence-corrected chi connectivity index (χ2v) is 4.92. The Kier molecular flexibility index (Phi) is 5.85. The number of aryl methyl sites for hydroxylation is 4. The van der Waals surface area contributed by atoms with Gasteiger partial charge in [-0.3, -0.25) is 9.59 Å². The largest absolute Gasteiger partial charge is 0.298 e. The molecule has 0 aromatic heterocycles. The molecule has 0 heterocycles. The molecule has 0 fully saturated rings. The summed E-state index contributed by atoms with van der Waals surface area (Å²) in [7, 11) is 0. The zero-order chi connectivity index (χ0) is 15.1. The van der Waals surface area contributed by atoms with Gasteiger partial charge in [0.05, 0.1) is 0 Å². The molecule has 0 aliphatic heterocycles. The lowest BCUT2D eigenvalue weighted by molar-refractivity contribution is 0.111. The molecule has 0 bridgehead atoms. The highest BCUT2D eigenvalue weighted by atomic mass is 16.1. The minimum absolute atomic E-state index is 0.753. The molecule has 0 aliphatic rings. The van der Waals surface area contributed by atoms with Crippen LogP contribution in [0.2, 0.25) is 0 Å². The quantitative estimate of drug-likeness (QED) is 0.764. The third kappa shape index (κ3) is 4.47. The molecule has 0 saturated carbocycles. The van der Waals surface area contributed by atoms with Gasteiger partial charge in [-0.15, -0.1) is 0 Å². The highest BCUT2D eigenvalue weighted by Gasteiger charge is 1.93. The topological polar surface area (TPSA) is 34.1 Å². The Morgan fingerprint density at radius 2 is 0.950 bits per heavy atom. The fourth-order valence-electron chi connectivity index (χ4n) is 1.68. The number of hydrogen-bond acceptors (Lipinski definition) is 2. The summed E-state index contributed by atoms with van der Waals surface area (Å²) in [6.07, 6.45) is 1.74. The van der Waals surface area contributed by atoms with Gasteiger partial charge in [0.2, 0.25) is 0 Å². The van der Waals surface area contributed by atoms with Crippen molar-refractivity contribution >= 4 is 12.6 Å². The Labute approximate surface area is 120 Å². The minimum Gasteiger partial charge on any atom is -0.298 e. The van der Waals surface area contributed by atoms with Crippen LogP contribution in [0.1, 0.15) is 43.0 Å². The average molecular weight is 268 g/mol. The molecule has 2 rings (SSSR count). The van der Waals surface area contributed by atoms with Crippen molar-refractivity contribution in [2.24, 2.45) is 0 Å². The summed E-state index contributed by atoms with van der Waals surface area (Å²) < 4.78 is 0. The number of benzene rings is 2. The zero-order valence-corrected chi connectivity index (χ0v) is 12.4. The van der Waals surface area contributed by atoms with E-state index < -0.39 is 0 Å². The van der Waals surface area contributed by atoms with Gasteiger partial charge in [-0.1, -0.05) is 24.3 Å². The summed E-state index contributed by atoms with van der Waals surface area (Å²) in [4.78, 5) is 20.5. The van der Waals surface area contributed by atoms with Crippen LogP contribution >= 0.6 is 0 Å². The Morgan fingerprint density at radius 3 is 1.20 bits per heavy atom. The lowest BCUT2D eigenvalue weighted by Gasteiger charge is -1.97. The van der Waals surface area contributed by atoms with Crippen molar-refractivity contribution in [3.05, 3.63) is 69.8 Å². The molecule has 0 spiro atoms. The van der Waals surface area contributed by atoms with Crippen LogP contribution in [0, 0.1) is 27.7 Å². The molecule has 104 valence electrons. The monoisotopic (exact) mass is 268 g/mol. The van der Waals surface area contributed by atoms with Crippen LogP contribution in [0.3, 0.4) is 0 Å². The smallest absolute Gasteiger partial charge is 0.150 e. The van der Waals surface area contributed by atoms with E-state index in [0.29, 0.717) is 0 Å². The Bertz CT molecular complexity index is 557. The van der Waals surface area contributed by atoms with Crippen LogP contribution in [-0.4, -0.2) is 12.6 Å². The van der Waals surface area contributed by atoms with E-state index in [9.17, 15) is 9.59 Å². The van der Waals surface area contributed by atoms with Gasteiger partial charge in [0, 0.05) is 11.1 Å². The summed E-state index contributed by atoms with van der Waals surface area (Å²) in [5, 5.41) is 0. The van der Waals surface area contributed by atoms with Crippen molar-refractivity contribution < 1.29 is 9.59 Å². The number of hydrogen-bond donors (Lipinski definition) is 0. The third-order valence-corrected chi connectivity index (χ3v) is 3.33. The van der Waals surface area contributed by atoms with Crippen LogP contribution in [0.15, 0.2) is 36.4 Å². The molecule has 2 nitrogen and oxygen atoms in total. The van der Waals surface area contributed by atoms with Gasteiger partial charge in [-0.2, -0.15) is 0 Å². The van der Waals surface area contributed by atoms with E-state index in [2.05, 4.69) is 0 Å². The van der Waals surface area contributed by atoms with Crippen LogP contribution in [0.4, 0.5) is 0 Å². The van der Waals surface area contributed by atoms with Crippen LogP contribution in [-0.2, 0) is 0 Å². The molecular formula is C18H20O2. The van der Waals surface area contributed by atoms with Crippen molar-refractivity contribution in [3.8, 4) is 0 Å². The van der Waals surface area contributed by atoms with Crippen molar-refractivity contribution in [2.75, 3.05) is 0 Å². The van der Waals surface area contributed by atoms with Crippen molar-refractivity contribution in [2.45, 2.75) is 27.7 Å². The fourth-order valence-corrected chi connectivity index (χ4v) is 1.68. The first-order valence-electron chi connectivity index (χ1n) is 6.52. The molecule has 2 heteroatoms. The van der Waals surface area contributed by atoms with Gasteiger partial charge in [0.1, 0.15) is 12.6 Å². The maximum atomic E-state index is 10.3. The molecule has 20 heavy (non-hydrogen) atoms.